The number of hydrogen-bond acceptors (Lipinski definition) is 4. The number of carbonyl (C=O) groups excluding carboxylic acids is 2. The molecule has 2 N–H and O–H groups in total. The fourth-order valence-electron chi connectivity index (χ4n) is 2.35. The second-order valence-corrected chi connectivity index (χ2v) is 5.79. The molecular formula is C14H12N2O4S. The quantitative estimate of drug-likeness (QED) is 0.802. The number of fused-ring (bicyclic) bond motifs is 1. The van der Waals surface area contributed by atoms with Crippen molar-refractivity contribution in [2.45, 2.75) is 11.4 Å². The Morgan fingerprint density at radius 3 is 2.67 bits per heavy atom. The fourth-order valence-corrected chi connectivity index (χ4v) is 3.55. The normalized spacial score (nSPS) is 23.7. The molecule has 0 spiro atoms. The summed E-state index contributed by atoms with van der Waals surface area (Å²) in [6, 6.07) is 7.92. The summed E-state index contributed by atoms with van der Waals surface area (Å²) in [5.74, 6) is -1.33. The fraction of sp³-hybridized carbons (Fsp3) is 0.214. The first-order chi connectivity index (χ1) is 10.1. The molecule has 2 aliphatic rings. The van der Waals surface area contributed by atoms with Gasteiger partial charge in [0.1, 0.15) is 17.1 Å². The maximum atomic E-state index is 12.1. The van der Waals surface area contributed by atoms with Gasteiger partial charge < -0.3 is 10.4 Å². The molecule has 6 nitrogen and oxygen atoms in total. The molecule has 0 radical (unpaired) electrons. The predicted molar refractivity (Wildman–Crippen MR) is 76.5 cm³/mol. The third-order valence-corrected chi connectivity index (χ3v) is 4.57. The number of benzene rings is 1. The van der Waals surface area contributed by atoms with Crippen LogP contribution in [0.4, 0.5) is 0 Å². The molecule has 108 valence electrons. The van der Waals surface area contributed by atoms with Crippen molar-refractivity contribution in [3.63, 3.8) is 0 Å². The number of thioether (sulfide) groups is 1. The van der Waals surface area contributed by atoms with Crippen LogP contribution in [0.25, 0.3) is 0 Å². The highest BCUT2D eigenvalue weighted by Gasteiger charge is 2.52. The first kappa shape index (κ1) is 13.7. The third-order valence-electron chi connectivity index (χ3n) is 3.39. The van der Waals surface area contributed by atoms with E-state index >= 15 is 0 Å². The van der Waals surface area contributed by atoms with Crippen LogP contribution in [0.3, 0.4) is 0 Å². The summed E-state index contributed by atoms with van der Waals surface area (Å²) in [5, 5.41) is 11.4. The molecule has 2 atom stereocenters. The van der Waals surface area contributed by atoms with E-state index in [9.17, 15) is 14.4 Å². The van der Waals surface area contributed by atoms with Crippen molar-refractivity contribution in [1.29, 1.82) is 0 Å². The summed E-state index contributed by atoms with van der Waals surface area (Å²) in [6.45, 7) is 0. The minimum absolute atomic E-state index is 0.00559. The molecule has 7 heteroatoms. The Bertz CT molecular complexity index is 644. The van der Waals surface area contributed by atoms with Gasteiger partial charge in [-0.3, -0.25) is 14.5 Å². The van der Waals surface area contributed by atoms with Crippen LogP contribution in [0.5, 0.6) is 0 Å². The van der Waals surface area contributed by atoms with E-state index in [-0.39, 0.29) is 22.9 Å². The number of amides is 2. The molecule has 1 aromatic rings. The van der Waals surface area contributed by atoms with Gasteiger partial charge in [0.2, 0.25) is 0 Å². The number of aliphatic carboxylic acids is 1. The van der Waals surface area contributed by atoms with Gasteiger partial charge in [-0.05, 0) is 18.2 Å². The van der Waals surface area contributed by atoms with Crippen LogP contribution in [0, 0.1) is 0 Å². The van der Waals surface area contributed by atoms with E-state index in [0.717, 1.165) is 0 Å². The molecule has 21 heavy (non-hydrogen) atoms. The molecule has 1 aromatic carbocycles. The standard InChI is InChI=1S/C14H12N2O4S/c17-11(8-4-2-1-3-5-8)15-10-12(18)16-9(14(19)20)6-7-21-13(10)16/h1-6,10,13H,7H2,(H,15,17)(H,19,20)/t10?,13-/m0/s1. The molecule has 0 aromatic heterocycles. The lowest BCUT2D eigenvalue weighted by Gasteiger charge is -2.48. The molecule has 3 rings (SSSR count). The summed E-state index contributed by atoms with van der Waals surface area (Å²) in [7, 11) is 0. The van der Waals surface area contributed by atoms with Gasteiger partial charge in [0.05, 0.1) is 0 Å². The van der Waals surface area contributed by atoms with E-state index in [1.807, 2.05) is 0 Å². The van der Waals surface area contributed by atoms with Crippen LogP contribution in [-0.4, -0.2) is 45.0 Å². The largest absolute Gasteiger partial charge is 0.477 e. The monoisotopic (exact) mass is 304 g/mol. The average Bonchev–Trinajstić information content (AvgIpc) is 2.52. The zero-order valence-corrected chi connectivity index (χ0v) is 11.7. The van der Waals surface area contributed by atoms with Gasteiger partial charge in [-0.15, -0.1) is 11.8 Å². The van der Waals surface area contributed by atoms with Crippen LogP contribution in [0.15, 0.2) is 42.1 Å². The van der Waals surface area contributed by atoms with Gasteiger partial charge in [0.25, 0.3) is 11.8 Å². The van der Waals surface area contributed by atoms with Crippen molar-refractivity contribution in [3.05, 3.63) is 47.7 Å². The second kappa shape index (κ2) is 5.25. The lowest BCUT2D eigenvalue weighted by Crippen LogP contribution is -2.70. The number of nitrogens with one attached hydrogen (secondary N) is 1. The molecule has 2 amide bonds. The minimum atomic E-state index is -1.12. The lowest BCUT2D eigenvalue weighted by molar-refractivity contribution is -0.148. The Morgan fingerprint density at radius 2 is 2.00 bits per heavy atom. The Morgan fingerprint density at radius 1 is 1.29 bits per heavy atom. The van der Waals surface area contributed by atoms with Crippen molar-refractivity contribution in [3.8, 4) is 0 Å². The van der Waals surface area contributed by atoms with Gasteiger partial charge in [-0.25, -0.2) is 4.79 Å². The van der Waals surface area contributed by atoms with Crippen molar-refractivity contribution in [2.75, 3.05) is 5.75 Å². The van der Waals surface area contributed by atoms with Crippen LogP contribution < -0.4 is 5.32 Å². The number of carboxylic acids is 1. The molecule has 1 saturated heterocycles. The van der Waals surface area contributed by atoms with E-state index in [1.165, 1.54) is 22.7 Å². The summed E-state index contributed by atoms with van der Waals surface area (Å²) < 4.78 is 0. The predicted octanol–water partition coefficient (Wildman–Crippen LogP) is 0.669. The smallest absolute Gasteiger partial charge is 0.352 e. The van der Waals surface area contributed by atoms with Gasteiger partial charge in [0, 0.05) is 11.3 Å². The van der Waals surface area contributed by atoms with Crippen molar-refractivity contribution >= 4 is 29.5 Å². The zero-order valence-electron chi connectivity index (χ0n) is 10.9. The maximum Gasteiger partial charge on any atom is 0.352 e. The minimum Gasteiger partial charge on any atom is -0.477 e. The highest BCUT2D eigenvalue weighted by atomic mass is 32.2. The zero-order chi connectivity index (χ0) is 15.0. The molecule has 1 fully saturated rings. The van der Waals surface area contributed by atoms with Crippen LogP contribution in [0.1, 0.15) is 10.4 Å². The van der Waals surface area contributed by atoms with Gasteiger partial charge in [0.15, 0.2) is 0 Å². The number of hydrogen-bond donors (Lipinski definition) is 2. The highest BCUT2D eigenvalue weighted by Crippen LogP contribution is 2.37. The highest BCUT2D eigenvalue weighted by molar-refractivity contribution is 8.00. The van der Waals surface area contributed by atoms with E-state index < -0.39 is 12.0 Å². The Labute approximate surface area is 124 Å². The summed E-state index contributed by atoms with van der Waals surface area (Å²) in [6.07, 6.45) is 1.51. The van der Waals surface area contributed by atoms with Crippen LogP contribution in [0.2, 0.25) is 0 Å². The maximum absolute atomic E-state index is 12.1. The van der Waals surface area contributed by atoms with E-state index in [1.54, 1.807) is 30.3 Å². The van der Waals surface area contributed by atoms with E-state index in [4.69, 9.17) is 5.11 Å². The van der Waals surface area contributed by atoms with Crippen molar-refractivity contribution < 1.29 is 19.5 Å². The summed E-state index contributed by atoms with van der Waals surface area (Å²) in [4.78, 5) is 36.4. The second-order valence-electron chi connectivity index (χ2n) is 4.64. The Balaban J connectivity index is 1.73. The van der Waals surface area contributed by atoms with Gasteiger partial charge >= 0.3 is 5.97 Å². The number of carboxylic acid groups (broad SMARTS) is 1. The molecule has 2 aliphatic heterocycles. The third kappa shape index (κ3) is 2.29. The first-order valence-corrected chi connectivity index (χ1v) is 7.38. The van der Waals surface area contributed by atoms with E-state index in [0.29, 0.717) is 11.3 Å². The number of rotatable bonds is 3. The molecular weight excluding hydrogens is 292 g/mol. The Kier molecular flexibility index (Phi) is 3.42. The first-order valence-electron chi connectivity index (χ1n) is 6.33. The van der Waals surface area contributed by atoms with E-state index in [2.05, 4.69) is 5.32 Å². The molecule has 2 heterocycles. The van der Waals surface area contributed by atoms with Gasteiger partial charge in [-0.1, -0.05) is 18.2 Å². The molecule has 0 aliphatic carbocycles. The molecule has 1 unspecified atom stereocenters. The number of carbonyl (C=O) groups is 3. The molecule has 0 bridgehead atoms. The van der Waals surface area contributed by atoms with Gasteiger partial charge in [-0.2, -0.15) is 0 Å². The SMILES string of the molecule is O=C(O)C1=CCS[C@H]2C(NC(=O)c3ccccc3)C(=O)N12. The summed E-state index contributed by atoms with van der Waals surface area (Å²) >= 11 is 1.43. The molecule has 0 saturated carbocycles. The lowest BCUT2D eigenvalue weighted by atomic mass is 10.0. The topological polar surface area (TPSA) is 86.7 Å². The number of nitrogens with zero attached hydrogens (tertiary/aromatic N) is 1. The number of β-lactam (4-membered cyclic amide) rings is 1. The van der Waals surface area contributed by atoms with Crippen molar-refractivity contribution in [2.24, 2.45) is 0 Å². The van der Waals surface area contributed by atoms with Crippen molar-refractivity contribution in [1.82, 2.24) is 10.2 Å². The summed E-state index contributed by atoms with van der Waals surface area (Å²) in [5.41, 5.74) is 0.465. The average molecular weight is 304 g/mol. The van der Waals surface area contributed by atoms with Crippen LogP contribution >= 0.6 is 11.8 Å². The van der Waals surface area contributed by atoms with Crippen LogP contribution in [-0.2, 0) is 9.59 Å². The Hall–Kier alpha value is -2.28.